The molecule has 25 heavy (non-hydrogen) atoms. The SMILES string of the molecule is C=CC(=O)OCC(C)OC(=O)Oc1ccc(-c2noc(C)n2)c(F)c1. The summed E-state index contributed by atoms with van der Waals surface area (Å²) >= 11 is 0. The molecule has 0 fully saturated rings. The van der Waals surface area contributed by atoms with Gasteiger partial charge in [-0.25, -0.2) is 14.0 Å². The number of carbonyl (C=O) groups is 2. The molecular formula is C16H15FN2O6. The smallest absolute Gasteiger partial charge is 0.459 e. The first-order valence-corrected chi connectivity index (χ1v) is 7.17. The summed E-state index contributed by atoms with van der Waals surface area (Å²) in [6.45, 7) is 6.15. The van der Waals surface area contributed by atoms with Crippen LogP contribution in [-0.4, -0.2) is 35.0 Å². The normalized spacial score (nSPS) is 11.5. The van der Waals surface area contributed by atoms with Crippen LogP contribution in [0, 0.1) is 12.7 Å². The van der Waals surface area contributed by atoms with Crippen LogP contribution in [0.15, 0.2) is 35.4 Å². The minimum atomic E-state index is -1.07. The molecule has 8 nitrogen and oxygen atoms in total. The molecule has 1 heterocycles. The van der Waals surface area contributed by atoms with E-state index in [2.05, 4.69) is 16.7 Å². The van der Waals surface area contributed by atoms with Crippen LogP contribution in [0.2, 0.25) is 0 Å². The molecular weight excluding hydrogens is 335 g/mol. The number of nitrogens with zero attached hydrogens (tertiary/aromatic N) is 2. The van der Waals surface area contributed by atoms with Crippen molar-refractivity contribution in [2.24, 2.45) is 0 Å². The molecule has 0 aliphatic heterocycles. The van der Waals surface area contributed by atoms with Crippen LogP contribution in [0.4, 0.5) is 9.18 Å². The van der Waals surface area contributed by atoms with E-state index in [1.807, 2.05) is 0 Å². The van der Waals surface area contributed by atoms with Gasteiger partial charge in [-0.15, -0.1) is 0 Å². The van der Waals surface area contributed by atoms with Gasteiger partial charge in [-0.2, -0.15) is 4.98 Å². The highest BCUT2D eigenvalue weighted by atomic mass is 19.1. The summed E-state index contributed by atoms with van der Waals surface area (Å²) in [6, 6.07) is 3.69. The van der Waals surface area contributed by atoms with Gasteiger partial charge in [0.1, 0.15) is 24.3 Å². The number of benzene rings is 1. The van der Waals surface area contributed by atoms with Crippen LogP contribution in [-0.2, 0) is 14.3 Å². The Hall–Kier alpha value is -3.23. The van der Waals surface area contributed by atoms with E-state index in [1.54, 1.807) is 6.92 Å². The summed E-state index contributed by atoms with van der Waals surface area (Å²) in [6.07, 6.45) is -0.826. The lowest BCUT2D eigenvalue weighted by Gasteiger charge is -2.12. The van der Waals surface area contributed by atoms with Crippen molar-refractivity contribution in [3.63, 3.8) is 0 Å². The van der Waals surface area contributed by atoms with Gasteiger partial charge in [0, 0.05) is 19.1 Å². The van der Waals surface area contributed by atoms with Gasteiger partial charge in [0.25, 0.3) is 0 Å². The molecule has 2 aromatic rings. The predicted molar refractivity (Wildman–Crippen MR) is 82.2 cm³/mol. The number of esters is 1. The highest BCUT2D eigenvalue weighted by molar-refractivity contribution is 5.81. The fraction of sp³-hybridized carbons (Fsp3) is 0.250. The Morgan fingerprint density at radius 3 is 2.80 bits per heavy atom. The molecule has 1 aromatic carbocycles. The highest BCUT2D eigenvalue weighted by Gasteiger charge is 2.16. The van der Waals surface area contributed by atoms with Crippen molar-refractivity contribution in [2.75, 3.05) is 6.61 Å². The van der Waals surface area contributed by atoms with E-state index in [0.29, 0.717) is 5.89 Å². The molecule has 0 saturated carbocycles. The first-order valence-electron chi connectivity index (χ1n) is 7.17. The average Bonchev–Trinajstić information content (AvgIpc) is 2.98. The number of carbonyl (C=O) groups excluding carboxylic acids is 2. The van der Waals surface area contributed by atoms with E-state index >= 15 is 0 Å². The summed E-state index contributed by atoms with van der Waals surface area (Å²) in [4.78, 5) is 26.5. The van der Waals surface area contributed by atoms with Crippen molar-refractivity contribution in [3.05, 3.63) is 42.6 Å². The van der Waals surface area contributed by atoms with Gasteiger partial charge >= 0.3 is 12.1 Å². The lowest BCUT2D eigenvalue weighted by atomic mass is 10.2. The van der Waals surface area contributed by atoms with E-state index in [1.165, 1.54) is 19.1 Å². The van der Waals surface area contributed by atoms with Crippen molar-refractivity contribution in [3.8, 4) is 17.1 Å². The minimum Gasteiger partial charge on any atom is -0.459 e. The molecule has 132 valence electrons. The zero-order valence-electron chi connectivity index (χ0n) is 13.5. The average molecular weight is 350 g/mol. The standard InChI is InChI=1S/C16H15FN2O6/c1-4-14(20)22-8-9(2)23-16(21)24-11-5-6-12(13(17)7-11)15-18-10(3)25-19-15/h4-7,9H,1,8H2,2-3H3. The van der Waals surface area contributed by atoms with Crippen LogP contribution in [0.25, 0.3) is 11.4 Å². The molecule has 1 unspecified atom stereocenters. The molecule has 2 rings (SSSR count). The number of rotatable bonds is 6. The van der Waals surface area contributed by atoms with E-state index in [9.17, 15) is 14.0 Å². The lowest BCUT2D eigenvalue weighted by Crippen LogP contribution is -2.23. The maximum Gasteiger partial charge on any atom is 0.514 e. The quantitative estimate of drug-likeness (QED) is 0.445. The molecule has 1 aromatic heterocycles. The van der Waals surface area contributed by atoms with Crippen LogP contribution < -0.4 is 4.74 Å². The Kier molecular flexibility index (Phi) is 5.83. The molecule has 9 heteroatoms. The summed E-state index contributed by atoms with van der Waals surface area (Å²) in [5.74, 6) is -1.02. The maximum absolute atomic E-state index is 14.1. The Balaban J connectivity index is 1.94. The third kappa shape index (κ3) is 5.13. The van der Waals surface area contributed by atoms with Gasteiger partial charge in [0.05, 0.1) is 5.56 Å². The molecule has 0 spiro atoms. The van der Waals surface area contributed by atoms with E-state index < -0.39 is 24.0 Å². The number of aryl methyl sites for hydroxylation is 1. The van der Waals surface area contributed by atoms with Gasteiger partial charge in [0.2, 0.25) is 11.7 Å². The third-order valence-corrected chi connectivity index (χ3v) is 2.83. The number of ether oxygens (including phenoxy) is 3. The van der Waals surface area contributed by atoms with Gasteiger partial charge in [0.15, 0.2) is 0 Å². The molecule has 1 atom stereocenters. The van der Waals surface area contributed by atoms with Crippen molar-refractivity contribution in [2.45, 2.75) is 20.0 Å². The topological polar surface area (TPSA) is 101 Å². The molecule has 0 radical (unpaired) electrons. The summed E-state index contributed by atoms with van der Waals surface area (Å²) < 4.78 is 33.3. The fourth-order valence-electron chi connectivity index (χ4n) is 1.73. The second-order valence-electron chi connectivity index (χ2n) is 4.89. The van der Waals surface area contributed by atoms with Crippen LogP contribution in [0.1, 0.15) is 12.8 Å². The number of hydrogen-bond donors (Lipinski definition) is 0. The van der Waals surface area contributed by atoms with Gasteiger partial charge in [-0.1, -0.05) is 11.7 Å². The Morgan fingerprint density at radius 2 is 2.20 bits per heavy atom. The van der Waals surface area contributed by atoms with Crippen molar-refractivity contribution >= 4 is 12.1 Å². The fourth-order valence-corrected chi connectivity index (χ4v) is 1.73. The monoisotopic (exact) mass is 350 g/mol. The summed E-state index contributed by atoms with van der Waals surface area (Å²) in [7, 11) is 0. The Labute approximate surface area is 142 Å². The van der Waals surface area contributed by atoms with Gasteiger partial charge in [-0.3, -0.25) is 0 Å². The van der Waals surface area contributed by atoms with Crippen molar-refractivity contribution in [1.82, 2.24) is 10.1 Å². The third-order valence-electron chi connectivity index (χ3n) is 2.83. The molecule has 0 saturated heterocycles. The molecule has 0 bridgehead atoms. The predicted octanol–water partition coefficient (Wildman–Crippen LogP) is 2.82. The second-order valence-corrected chi connectivity index (χ2v) is 4.89. The summed E-state index contributed by atoms with van der Waals surface area (Å²) in [5, 5.41) is 3.61. The highest BCUT2D eigenvalue weighted by Crippen LogP contribution is 2.24. The lowest BCUT2D eigenvalue weighted by molar-refractivity contribution is -0.140. The maximum atomic E-state index is 14.1. The van der Waals surface area contributed by atoms with Crippen LogP contribution in [0.3, 0.4) is 0 Å². The first-order chi connectivity index (χ1) is 11.9. The van der Waals surface area contributed by atoms with E-state index in [-0.39, 0.29) is 23.7 Å². The molecule has 0 N–H and O–H groups in total. The van der Waals surface area contributed by atoms with Crippen molar-refractivity contribution in [1.29, 1.82) is 0 Å². The number of aromatic nitrogens is 2. The van der Waals surface area contributed by atoms with Gasteiger partial charge < -0.3 is 18.7 Å². The Bertz CT molecular complexity index is 789. The van der Waals surface area contributed by atoms with Crippen LogP contribution >= 0.6 is 0 Å². The largest absolute Gasteiger partial charge is 0.514 e. The Morgan fingerprint density at radius 1 is 1.44 bits per heavy atom. The minimum absolute atomic E-state index is 0.0678. The zero-order valence-corrected chi connectivity index (χ0v) is 13.5. The zero-order chi connectivity index (χ0) is 18.4. The van der Waals surface area contributed by atoms with Crippen molar-refractivity contribution < 1.29 is 32.7 Å². The second kappa shape index (κ2) is 8.04. The van der Waals surface area contributed by atoms with Gasteiger partial charge in [-0.05, 0) is 19.1 Å². The summed E-state index contributed by atoms with van der Waals surface area (Å²) in [5.41, 5.74) is 0.0993. The van der Waals surface area contributed by atoms with E-state index in [0.717, 1.165) is 12.1 Å². The number of hydrogen-bond acceptors (Lipinski definition) is 8. The number of halogens is 1. The molecule has 0 aliphatic rings. The molecule has 0 amide bonds. The van der Waals surface area contributed by atoms with E-state index in [4.69, 9.17) is 18.7 Å². The van der Waals surface area contributed by atoms with Crippen LogP contribution in [0.5, 0.6) is 5.75 Å². The molecule has 0 aliphatic carbocycles. The first kappa shape index (κ1) is 18.1.